The number of hydrogen-bond acceptors (Lipinski definition) is 3. The maximum atomic E-state index is 14.0. The van der Waals surface area contributed by atoms with E-state index in [1.165, 1.54) is 42.5 Å². The summed E-state index contributed by atoms with van der Waals surface area (Å²) in [7, 11) is 0. The van der Waals surface area contributed by atoms with Gasteiger partial charge in [-0.3, -0.25) is 9.09 Å². The van der Waals surface area contributed by atoms with Crippen molar-refractivity contribution in [1.29, 1.82) is 0 Å². The summed E-state index contributed by atoms with van der Waals surface area (Å²) < 4.78 is 32.7. The summed E-state index contributed by atoms with van der Waals surface area (Å²) in [5.41, 5.74) is 0.623. The molecule has 2 aromatic carbocycles. The van der Waals surface area contributed by atoms with Gasteiger partial charge in [-0.15, -0.1) is 0 Å². The van der Waals surface area contributed by atoms with Crippen LogP contribution in [0.2, 0.25) is 5.02 Å². The van der Waals surface area contributed by atoms with Crippen LogP contribution in [0.1, 0.15) is 5.56 Å². The van der Waals surface area contributed by atoms with Crippen LogP contribution in [0.25, 0.3) is 11.4 Å². The zero-order chi connectivity index (χ0) is 15.7. The summed E-state index contributed by atoms with van der Waals surface area (Å²) in [4.78, 5) is 11.8. The molecule has 0 N–H and O–H groups in total. The lowest BCUT2D eigenvalue weighted by Gasteiger charge is -2.07. The van der Waals surface area contributed by atoms with E-state index in [9.17, 15) is 13.6 Å². The Kier molecular flexibility index (Phi) is 3.77. The van der Waals surface area contributed by atoms with E-state index in [4.69, 9.17) is 11.6 Å². The average molecular weight is 323 g/mol. The molecule has 112 valence electrons. The zero-order valence-corrected chi connectivity index (χ0v) is 11.8. The highest BCUT2D eigenvalue weighted by molar-refractivity contribution is 6.33. The van der Waals surface area contributed by atoms with Gasteiger partial charge in [-0.2, -0.15) is 0 Å². The Labute approximate surface area is 128 Å². The molecule has 0 amide bonds. The Balaban J connectivity index is 2.08. The van der Waals surface area contributed by atoms with E-state index in [2.05, 4.69) is 9.68 Å². The van der Waals surface area contributed by atoms with Gasteiger partial charge >= 0.3 is 5.76 Å². The molecule has 3 rings (SSSR count). The fourth-order valence-corrected chi connectivity index (χ4v) is 2.32. The molecule has 0 spiro atoms. The third-order valence-corrected chi connectivity index (χ3v) is 3.44. The lowest BCUT2D eigenvalue weighted by atomic mass is 10.2. The molecule has 0 fully saturated rings. The van der Waals surface area contributed by atoms with Gasteiger partial charge in [0.25, 0.3) is 0 Å². The topological polar surface area (TPSA) is 48.0 Å². The van der Waals surface area contributed by atoms with Crippen molar-refractivity contribution >= 4 is 11.6 Å². The lowest BCUT2D eigenvalue weighted by Crippen LogP contribution is -2.16. The monoisotopic (exact) mass is 322 g/mol. The number of nitrogens with zero attached hydrogens (tertiary/aromatic N) is 2. The van der Waals surface area contributed by atoms with Crippen molar-refractivity contribution < 1.29 is 13.3 Å². The predicted octanol–water partition coefficient (Wildman–Crippen LogP) is 3.48. The van der Waals surface area contributed by atoms with Gasteiger partial charge in [0.05, 0.1) is 17.1 Å². The Morgan fingerprint density at radius 1 is 1.14 bits per heavy atom. The Bertz CT molecular complexity index is 852. The molecule has 0 saturated heterocycles. The Morgan fingerprint density at radius 2 is 1.86 bits per heavy atom. The van der Waals surface area contributed by atoms with Gasteiger partial charge in [0.2, 0.25) is 0 Å². The Hall–Kier alpha value is -2.47. The molecule has 1 aromatic heterocycles. The number of rotatable bonds is 3. The molecule has 0 saturated carbocycles. The summed E-state index contributed by atoms with van der Waals surface area (Å²) in [6.45, 7) is 0.0581. The molecule has 1 heterocycles. The summed E-state index contributed by atoms with van der Waals surface area (Å²) in [6.07, 6.45) is 0. The standard InChI is InChI=1S/C15H9ClF2N2O2/c16-11-2-1-3-12(18)13(11)14-19-22-15(21)20(14)8-9-4-6-10(17)7-5-9/h1-7H,8H2. The van der Waals surface area contributed by atoms with E-state index in [1.807, 2.05) is 0 Å². The second-order valence-electron chi connectivity index (χ2n) is 4.58. The van der Waals surface area contributed by atoms with Crippen LogP contribution in [0.15, 0.2) is 51.8 Å². The first kappa shape index (κ1) is 14.5. The molecule has 3 aromatic rings. The fourth-order valence-electron chi connectivity index (χ4n) is 2.07. The third kappa shape index (κ3) is 2.65. The molecule has 22 heavy (non-hydrogen) atoms. The molecule has 0 atom stereocenters. The van der Waals surface area contributed by atoms with Gasteiger partial charge in [-0.05, 0) is 29.8 Å². The largest absolute Gasteiger partial charge is 0.442 e. The molecule has 0 unspecified atom stereocenters. The second kappa shape index (κ2) is 5.73. The van der Waals surface area contributed by atoms with Crippen LogP contribution in [0.5, 0.6) is 0 Å². The molecule has 0 aliphatic carbocycles. The minimum Gasteiger partial charge on any atom is -0.295 e. The molecule has 4 nitrogen and oxygen atoms in total. The van der Waals surface area contributed by atoms with Crippen molar-refractivity contribution in [3.63, 3.8) is 0 Å². The number of aromatic nitrogens is 2. The highest BCUT2D eigenvalue weighted by Gasteiger charge is 2.19. The molecule has 0 aliphatic rings. The number of hydrogen-bond donors (Lipinski definition) is 0. The van der Waals surface area contributed by atoms with Crippen LogP contribution in [0.3, 0.4) is 0 Å². The average Bonchev–Trinajstić information content (AvgIpc) is 2.83. The van der Waals surface area contributed by atoms with Crippen molar-refractivity contribution in [2.75, 3.05) is 0 Å². The first-order chi connectivity index (χ1) is 10.6. The van der Waals surface area contributed by atoms with Crippen LogP contribution >= 0.6 is 11.6 Å². The zero-order valence-electron chi connectivity index (χ0n) is 11.1. The summed E-state index contributed by atoms with van der Waals surface area (Å²) in [6, 6.07) is 9.71. The van der Waals surface area contributed by atoms with E-state index in [0.29, 0.717) is 5.56 Å². The van der Waals surface area contributed by atoms with Gasteiger partial charge in [0, 0.05) is 0 Å². The molecule has 7 heteroatoms. The molecular formula is C15H9ClF2N2O2. The smallest absolute Gasteiger partial charge is 0.295 e. The fraction of sp³-hybridized carbons (Fsp3) is 0.0667. The van der Waals surface area contributed by atoms with Crippen molar-refractivity contribution in [2.24, 2.45) is 0 Å². The first-order valence-corrected chi connectivity index (χ1v) is 6.69. The first-order valence-electron chi connectivity index (χ1n) is 6.31. The van der Waals surface area contributed by atoms with Crippen molar-refractivity contribution in [3.05, 3.63) is 75.2 Å². The molecular weight excluding hydrogens is 314 g/mol. The van der Waals surface area contributed by atoms with Gasteiger partial charge in [-0.1, -0.05) is 35.0 Å². The molecule has 0 bridgehead atoms. The highest BCUT2D eigenvalue weighted by atomic mass is 35.5. The highest BCUT2D eigenvalue weighted by Crippen LogP contribution is 2.28. The van der Waals surface area contributed by atoms with Gasteiger partial charge in [0.15, 0.2) is 5.82 Å². The van der Waals surface area contributed by atoms with E-state index in [1.54, 1.807) is 0 Å². The maximum absolute atomic E-state index is 14.0. The maximum Gasteiger partial charge on any atom is 0.442 e. The van der Waals surface area contributed by atoms with Crippen LogP contribution in [-0.2, 0) is 6.54 Å². The number of benzene rings is 2. The van der Waals surface area contributed by atoms with Crippen LogP contribution in [0.4, 0.5) is 8.78 Å². The minimum absolute atomic E-state index is 0.0163. The van der Waals surface area contributed by atoms with Gasteiger partial charge < -0.3 is 0 Å². The second-order valence-corrected chi connectivity index (χ2v) is 4.99. The summed E-state index contributed by atoms with van der Waals surface area (Å²) >= 11 is 5.98. The van der Waals surface area contributed by atoms with E-state index in [0.717, 1.165) is 4.57 Å². The van der Waals surface area contributed by atoms with Gasteiger partial charge in [-0.25, -0.2) is 13.6 Å². The summed E-state index contributed by atoms with van der Waals surface area (Å²) in [5.74, 6) is -1.77. The van der Waals surface area contributed by atoms with Crippen molar-refractivity contribution in [1.82, 2.24) is 9.72 Å². The van der Waals surface area contributed by atoms with E-state index >= 15 is 0 Å². The normalized spacial score (nSPS) is 10.9. The Morgan fingerprint density at radius 3 is 2.55 bits per heavy atom. The van der Waals surface area contributed by atoms with Gasteiger partial charge in [0.1, 0.15) is 11.6 Å². The van der Waals surface area contributed by atoms with E-state index < -0.39 is 17.4 Å². The molecule has 0 radical (unpaired) electrons. The minimum atomic E-state index is -0.751. The van der Waals surface area contributed by atoms with Crippen LogP contribution < -0.4 is 5.76 Å². The third-order valence-electron chi connectivity index (χ3n) is 3.13. The summed E-state index contributed by atoms with van der Waals surface area (Å²) in [5, 5.41) is 3.71. The number of halogens is 3. The van der Waals surface area contributed by atoms with Crippen LogP contribution in [0, 0.1) is 11.6 Å². The van der Waals surface area contributed by atoms with Crippen molar-refractivity contribution in [3.8, 4) is 11.4 Å². The van der Waals surface area contributed by atoms with Crippen LogP contribution in [-0.4, -0.2) is 9.72 Å². The molecule has 0 aliphatic heterocycles. The SMILES string of the molecule is O=c1onc(-c2c(F)cccc2Cl)n1Cc1ccc(F)cc1. The quantitative estimate of drug-likeness (QED) is 0.741. The predicted molar refractivity (Wildman–Crippen MR) is 76.7 cm³/mol. The lowest BCUT2D eigenvalue weighted by molar-refractivity contribution is 0.378. The van der Waals surface area contributed by atoms with E-state index in [-0.39, 0.29) is 23.0 Å². The van der Waals surface area contributed by atoms with Crippen molar-refractivity contribution in [2.45, 2.75) is 6.54 Å².